The fraction of sp³-hybridized carbons (Fsp3) is 0.312. The van der Waals surface area contributed by atoms with Crippen LogP contribution in [0.25, 0.3) is 10.8 Å². The lowest BCUT2D eigenvalue weighted by molar-refractivity contribution is 0.0994. The number of methoxy groups -OCH3 is 1. The first-order chi connectivity index (χ1) is 11.0. The highest BCUT2D eigenvalue weighted by Gasteiger charge is 2.31. The Morgan fingerprint density at radius 3 is 2.70 bits per heavy atom. The molecule has 1 aliphatic rings. The Morgan fingerprint density at radius 2 is 2.00 bits per heavy atom. The van der Waals surface area contributed by atoms with Crippen molar-refractivity contribution >= 4 is 32.4 Å². The number of carbonyl (C=O) groups excluding carboxylic acids is 1. The number of amides is 1. The minimum absolute atomic E-state index is 0.0880. The number of ether oxygens (including phenoxy) is 1. The zero-order chi connectivity index (χ0) is 16.6. The van der Waals surface area contributed by atoms with Gasteiger partial charge in [-0.15, -0.1) is 0 Å². The highest BCUT2D eigenvalue weighted by Crippen LogP contribution is 2.39. The maximum atomic E-state index is 12.5. The van der Waals surface area contributed by atoms with Gasteiger partial charge in [-0.2, -0.15) is 0 Å². The maximum absolute atomic E-state index is 12.5. The molecule has 0 aliphatic carbocycles. The quantitative estimate of drug-likeness (QED) is 0.817. The van der Waals surface area contributed by atoms with Crippen LogP contribution >= 0.6 is 0 Å². The summed E-state index contributed by atoms with van der Waals surface area (Å²) in [5, 5.41) is 1.27. The minimum Gasteiger partial charge on any atom is -0.383 e. The highest BCUT2D eigenvalue weighted by atomic mass is 32.2. The average molecular weight is 334 g/mol. The van der Waals surface area contributed by atoms with E-state index in [1.807, 2.05) is 6.92 Å². The topological polar surface area (TPSA) is 75.7 Å². The molecule has 23 heavy (non-hydrogen) atoms. The van der Waals surface area contributed by atoms with E-state index in [-0.39, 0.29) is 17.3 Å². The highest BCUT2D eigenvalue weighted by molar-refractivity contribution is 7.89. The molecule has 0 unspecified atom stereocenters. The van der Waals surface area contributed by atoms with Crippen molar-refractivity contribution in [1.29, 1.82) is 0 Å². The molecular formula is C16H18N2O4S. The van der Waals surface area contributed by atoms with Gasteiger partial charge >= 0.3 is 0 Å². The second-order valence-corrected chi connectivity index (χ2v) is 6.99. The van der Waals surface area contributed by atoms with Gasteiger partial charge in [-0.05, 0) is 25.1 Å². The molecule has 7 heteroatoms. The van der Waals surface area contributed by atoms with Crippen LogP contribution in [0.2, 0.25) is 0 Å². The Bertz CT molecular complexity index is 877. The first kappa shape index (κ1) is 15.9. The lowest BCUT2D eigenvalue weighted by Gasteiger charge is -2.15. The van der Waals surface area contributed by atoms with Gasteiger partial charge in [-0.1, -0.05) is 12.1 Å². The van der Waals surface area contributed by atoms with E-state index in [9.17, 15) is 13.2 Å². The van der Waals surface area contributed by atoms with E-state index in [4.69, 9.17) is 4.74 Å². The van der Waals surface area contributed by atoms with Crippen LogP contribution in [0.15, 0.2) is 35.2 Å². The Hall–Kier alpha value is -1.96. The van der Waals surface area contributed by atoms with Crippen LogP contribution in [0.1, 0.15) is 17.3 Å². The predicted molar refractivity (Wildman–Crippen MR) is 88.4 cm³/mol. The monoisotopic (exact) mass is 334 g/mol. The largest absolute Gasteiger partial charge is 0.383 e. The van der Waals surface area contributed by atoms with E-state index in [2.05, 4.69) is 4.72 Å². The molecule has 0 aromatic heterocycles. The van der Waals surface area contributed by atoms with Crippen LogP contribution in [-0.2, 0) is 14.8 Å². The standard InChI is InChI=1S/C16H18N2O4S/c1-3-18-13-7-8-14(23(20,21)17-9-10-22-2)11-5-4-6-12(15(11)13)16(18)19/h4-8,17H,3,9-10H2,1-2H3. The Kier molecular flexibility index (Phi) is 4.09. The van der Waals surface area contributed by atoms with Gasteiger partial charge in [-0.3, -0.25) is 4.79 Å². The predicted octanol–water partition coefficient (Wildman–Crippen LogP) is 1.74. The van der Waals surface area contributed by atoms with Gasteiger partial charge in [0.25, 0.3) is 5.91 Å². The molecule has 1 amide bonds. The summed E-state index contributed by atoms with van der Waals surface area (Å²) >= 11 is 0. The van der Waals surface area contributed by atoms with Gasteiger partial charge in [0.2, 0.25) is 10.0 Å². The van der Waals surface area contributed by atoms with Crippen LogP contribution in [0.4, 0.5) is 5.69 Å². The molecule has 0 radical (unpaired) electrons. The molecule has 1 N–H and O–H groups in total. The van der Waals surface area contributed by atoms with E-state index >= 15 is 0 Å². The second kappa shape index (κ2) is 5.92. The zero-order valence-corrected chi connectivity index (χ0v) is 13.8. The third-order valence-corrected chi connectivity index (χ3v) is 5.47. The first-order valence-electron chi connectivity index (χ1n) is 7.37. The molecule has 1 heterocycles. The fourth-order valence-corrected chi connectivity index (χ4v) is 4.14. The molecule has 0 atom stereocenters. The molecule has 2 aromatic rings. The van der Waals surface area contributed by atoms with Crippen molar-refractivity contribution in [3.8, 4) is 0 Å². The number of benzene rings is 2. The fourth-order valence-electron chi connectivity index (χ4n) is 2.92. The summed E-state index contributed by atoms with van der Waals surface area (Å²) in [5.74, 6) is -0.0880. The zero-order valence-electron chi connectivity index (χ0n) is 13.0. The van der Waals surface area contributed by atoms with E-state index < -0.39 is 10.0 Å². The molecular weight excluding hydrogens is 316 g/mol. The van der Waals surface area contributed by atoms with Crippen LogP contribution in [0, 0.1) is 0 Å². The van der Waals surface area contributed by atoms with Crippen molar-refractivity contribution < 1.29 is 17.9 Å². The molecule has 0 saturated carbocycles. The number of carbonyl (C=O) groups is 1. The van der Waals surface area contributed by atoms with Crippen molar-refractivity contribution in [2.24, 2.45) is 0 Å². The van der Waals surface area contributed by atoms with Gasteiger partial charge in [0, 0.05) is 36.5 Å². The molecule has 3 rings (SSSR count). The van der Waals surface area contributed by atoms with Crippen molar-refractivity contribution in [3.63, 3.8) is 0 Å². The van der Waals surface area contributed by atoms with E-state index in [1.54, 1.807) is 35.2 Å². The van der Waals surface area contributed by atoms with Crippen molar-refractivity contribution in [3.05, 3.63) is 35.9 Å². The smallest absolute Gasteiger partial charge is 0.258 e. The number of nitrogens with one attached hydrogen (secondary N) is 1. The molecule has 122 valence electrons. The Morgan fingerprint density at radius 1 is 1.22 bits per heavy atom. The summed E-state index contributed by atoms with van der Waals surface area (Å²) in [5.41, 5.74) is 1.31. The number of anilines is 1. The molecule has 0 saturated heterocycles. The van der Waals surface area contributed by atoms with Gasteiger partial charge in [0.05, 0.1) is 17.2 Å². The van der Waals surface area contributed by atoms with Crippen LogP contribution < -0.4 is 9.62 Å². The summed E-state index contributed by atoms with van der Waals surface area (Å²) in [6, 6.07) is 8.44. The van der Waals surface area contributed by atoms with Crippen molar-refractivity contribution in [2.45, 2.75) is 11.8 Å². The summed E-state index contributed by atoms with van der Waals surface area (Å²) in [7, 11) is -2.15. The lowest BCUT2D eigenvalue weighted by Crippen LogP contribution is -2.27. The van der Waals surface area contributed by atoms with E-state index in [1.165, 1.54) is 7.11 Å². The molecule has 0 fully saturated rings. The lowest BCUT2D eigenvalue weighted by atomic mass is 10.1. The molecule has 0 bridgehead atoms. The summed E-state index contributed by atoms with van der Waals surface area (Å²) in [6.45, 7) is 2.93. The van der Waals surface area contributed by atoms with Gasteiger partial charge in [0.1, 0.15) is 0 Å². The van der Waals surface area contributed by atoms with Gasteiger partial charge < -0.3 is 9.64 Å². The molecule has 6 nitrogen and oxygen atoms in total. The number of sulfonamides is 1. The second-order valence-electron chi connectivity index (χ2n) is 5.25. The number of nitrogens with zero attached hydrogens (tertiary/aromatic N) is 1. The van der Waals surface area contributed by atoms with Crippen molar-refractivity contribution in [1.82, 2.24) is 4.72 Å². The Labute approximate surface area is 135 Å². The Balaban J connectivity index is 2.16. The average Bonchev–Trinajstić information content (AvgIpc) is 2.81. The van der Waals surface area contributed by atoms with Crippen LogP contribution in [-0.4, -0.2) is 41.1 Å². The first-order valence-corrected chi connectivity index (χ1v) is 8.85. The van der Waals surface area contributed by atoms with Crippen LogP contribution in [0.5, 0.6) is 0 Å². The normalized spacial score (nSPS) is 14.0. The number of rotatable bonds is 6. The SMILES string of the molecule is CCN1C(=O)c2cccc3c(S(=O)(=O)NCCOC)ccc1c23. The molecule has 0 spiro atoms. The van der Waals surface area contributed by atoms with E-state index in [0.717, 1.165) is 5.69 Å². The van der Waals surface area contributed by atoms with Gasteiger partial charge in [0.15, 0.2) is 0 Å². The van der Waals surface area contributed by atoms with Crippen molar-refractivity contribution in [2.75, 3.05) is 31.7 Å². The van der Waals surface area contributed by atoms with Crippen LogP contribution in [0.3, 0.4) is 0 Å². The summed E-state index contributed by atoms with van der Waals surface area (Å²) < 4.78 is 32.4. The minimum atomic E-state index is -3.67. The summed E-state index contributed by atoms with van der Waals surface area (Å²) in [6.07, 6.45) is 0. The number of hydrogen-bond donors (Lipinski definition) is 1. The third kappa shape index (κ3) is 2.50. The maximum Gasteiger partial charge on any atom is 0.258 e. The molecule has 1 aliphatic heterocycles. The number of hydrogen-bond acceptors (Lipinski definition) is 4. The van der Waals surface area contributed by atoms with E-state index in [0.29, 0.717) is 29.5 Å². The molecule has 2 aromatic carbocycles. The van der Waals surface area contributed by atoms with Gasteiger partial charge in [-0.25, -0.2) is 13.1 Å². The third-order valence-electron chi connectivity index (χ3n) is 3.95. The summed E-state index contributed by atoms with van der Waals surface area (Å²) in [4.78, 5) is 14.3.